The second-order valence-corrected chi connectivity index (χ2v) is 6.04. The normalized spacial score (nSPS) is 18.0. The van der Waals surface area contributed by atoms with E-state index in [1.807, 2.05) is 55.5 Å². The van der Waals surface area contributed by atoms with Crippen molar-refractivity contribution in [2.24, 2.45) is 5.92 Å². The standard InChI is InChI=1S/C18H18ClNO2/c1-12(13-6-8-16(19)9-7-13)20-18(21)15-10-14-4-2-3-5-17(14)22-11-15/h2-9,12,15H,10-11H2,1H3,(H,20,21)/t12-,15-/m1/s1. The van der Waals surface area contributed by atoms with Crippen LogP contribution < -0.4 is 10.1 Å². The molecule has 0 bridgehead atoms. The topological polar surface area (TPSA) is 38.3 Å². The molecule has 0 radical (unpaired) electrons. The fourth-order valence-electron chi connectivity index (χ4n) is 2.66. The van der Waals surface area contributed by atoms with Crippen molar-refractivity contribution in [3.63, 3.8) is 0 Å². The highest BCUT2D eigenvalue weighted by molar-refractivity contribution is 6.30. The zero-order valence-electron chi connectivity index (χ0n) is 12.4. The molecule has 1 amide bonds. The van der Waals surface area contributed by atoms with E-state index in [0.717, 1.165) is 23.3 Å². The van der Waals surface area contributed by atoms with Crippen LogP contribution in [0.2, 0.25) is 5.02 Å². The number of halogens is 1. The van der Waals surface area contributed by atoms with E-state index in [1.165, 1.54) is 0 Å². The van der Waals surface area contributed by atoms with Gasteiger partial charge in [0, 0.05) is 5.02 Å². The summed E-state index contributed by atoms with van der Waals surface area (Å²) in [4.78, 5) is 12.4. The molecule has 3 rings (SSSR count). The van der Waals surface area contributed by atoms with E-state index < -0.39 is 0 Å². The van der Waals surface area contributed by atoms with E-state index in [1.54, 1.807) is 0 Å². The van der Waals surface area contributed by atoms with E-state index in [4.69, 9.17) is 16.3 Å². The summed E-state index contributed by atoms with van der Waals surface area (Å²) < 4.78 is 5.68. The lowest BCUT2D eigenvalue weighted by atomic mass is 9.95. The Morgan fingerprint density at radius 3 is 2.73 bits per heavy atom. The zero-order chi connectivity index (χ0) is 15.5. The molecule has 3 nitrogen and oxygen atoms in total. The highest BCUT2D eigenvalue weighted by Crippen LogP contribution is 2.27. The molecule has 22 heavy (non-hydrogen) atoms. The Labute approximate surface area is 135 Å². The van der Waals surface area contributed by atoms with Gasteiger partial charge in [-0.05, 0) is 42.7 Å². The molecule has 1 aliphatic heterocycles. The van der Waals surface area contributed by atoms with Crippen molar-refractivity contribution in [2.45, 2.75) is 19.4 Å². The van der Waals surface area contributed by atoms with Gasteiger partial charge in [0.2, 0.25) is 5.91 Å². The third-order valence-corrected chi connectivity index (χ3v) is 4.23. The Balaban J connectivity index is 1.64. The molecule has 0 aliphatic carbocycles. The van der Waals surface area contributed by atoms with E-state index in [-0.39, 0.29) is 17.9 Å². The van der Waals surface area contributed by atoms with Gasteiger partial charge in [0.1, 0.15) is 12.4 Å². The number of carbonyl (C=O) groups is 1. The summed E-state index contributed by atoms with van der Waals surface area (Å²) in [5.41, 5.74) is 2.13. The van der Waals surface area contributed by atoms with Gasteiger partial charge in [-0.3, -0.25) is 4.79 Å². The summed E-state index contributed by atoms with van der Waals surface area (Å²) in [5.74, 6) is 0.763. The predicted molar refractivity (Wildman–Crippen MR) is 87.1 cm³/mol. The lowest BCUT2D eigenvalue weighted by molar-refractivity contribution is -0.126. The second-order valence-electron chi connectivity index (χ2n) is 5.60. The quantitative estimate of drug-likeness (QED) is 0.936. The fourth-order valence-corrected chi connectivity index (χ4v) is 2.79. The van der Waals surface area contributed by atoms with Crippen LogP contribution >= 0.6 is 11.6 Å². The summed E-state index contributed by atoms with van der Waals surface area (Å²) in [6, 6.07) is 15.3. The van der Waals surface area contributed by atoms with Gasteiger partial charge in [0.25, 0.3) is 0 Å². The van der Waals surface area contributed by atoms with Gasteiger partial charge >= 0.3 is 0 Å². The molecule has 2 aromatic rings. The molecular formula is C18H18ClNO2. The third kappa shape index (κ3) is 3.25. The lowest BCUT2D eigenvalue weighted by Crippen LogP contribution is -2.38. The number of amides is 1. The lowest BCUT2D eigenvalue weighted by Gasteiger charge is -2.26. The molecule has 1 aliphatic rings. The Hall–Kier alpha value is -2.00. The van der Waals surface area contributed by atoms with Gasteiger partial charge in [0.05, 0.1) is 12.0 Å². The number of benzene rings is 2. The maximum absolute atomic E-state index is 12.4. The van der Waals surface area contributed by atoms with E-state index in [9.17, 15) is 4.79 Å². The van der Waals surface area contributed by atoms with Crippen molar-refractivity contribution in [3.8, 4) is 5.75 Å². The zero-order valence-corrected chi connectivity index (χ0v) is 13.1. The van der Waals surface area contributed by atoms with Gasteiger partial charge in [-0.2, -0.15) is 0 Å². The minimum atomic E-state index is -0.148. The molecule has 0 spiro atoms. The Kier molecular flexibility index (Phi) is 4.34. The molecular weight excluding hydrogens is 298 g/mol. The van der Waals surface area contributed by atoms with Crippen molar-refractivity contribution in [3.05, 3.63) is 64.7 Å². The maximum Gasteiger partial charge on any atom is 0.227 e. The Bertz CT molecular complexity index is 669. The molecule has 0 aromatic heterocycles. The Morgan fingerprint density at radius 1 is 1.23 bits per heavy atom. The summed E-state index contributed by atoms with van der Waals surface area (Å²) in [5, 5.41) is 3.75. The van der Waals surface area contributed by atoms with E-state index >= 15 is 0 Å². The highest BCUT2D eigenvalue weighted by atomic mass is 35.5. The third-order valence-electron chi connectivity index (χ3n) is 3.98. The Morgan fingerprint density at radius 2 is 1.95 bits per heavy atom. The number of hydrogen-bond acceptors (Lipinski definition) is 2. The second kappa shape index (κ2) is 6.41. The maximum atomic E-state index is 12.4. The van der Waals surface area contributed by atoms with Crippen LogP contribution in [0.25, 0.3) is 0 Å². The van der Waals surface area contributed by atoms with Gasteiger partial charge in [-0.15, -0.1) is 0 Å². The molecule has 1 N–H and O–H groups in total. The minimum Gasteiger partial charge on any atom is -0.492 e. The molecule has 2 aromatic carbocycles. The molecule has 4 heteroatoms. The van der Waals surface area contributed by atoms with Crippen molar-refractivity contribution >= 4 is 17.5 Å². The number of fused-ring (bicyclic) bond motifs is 1. The summed E-state index contributed by atoms with van der Waals surface area (Å²) >= 11 is 5.89. The molecule has 0 saturated heterocycles. The first-order valence-corrected chi connectivity index (χ1v) is 7.78. The van der Waals surface area contributed by atoms with Gasteiger partial charge in [-0.1, -0.05) is 41.9 Å². The van der Waals surface area contributed by atoms with Crippen LogP contribution in [0.15, 0.2) is 48.5 Å². The molecule has 0 saturated carbocycles. The largest absolute Gasteiger partial charge is 0.492 e. The first-order valence-electron chi connectivity index (χ1n) is 7.40. The molecule has 1 heterocycles. The molecule has 2 atom stereocenters. The number of nitrogens with one attached hydrogen (secondary N) is 1. The van der Waals surface area contributed by atoms with Crippen LogP contribution in [-0.2, 0) is 11.2 Å². The summed E-state index contributed by atoms with van der Waals surface area (Å²) in [6.45, 7) is 2.40. The molecule has 114 valence electrons. The van der Waals surface area contributed by atoms with E-state index in [2.05, 4.69) is 5.32 Å². The van der Waals surface area contributed by atoms with Crippen molar-refractivity contribution in [2.75, 3.05) is 6.61 Å². The predicted octanol–water partition coefficient (Wildman–Crippen LogP) is 3.77. The van der Waals surface area contributed by atoms with Crippen LogP contribution in [-0.4, -0.2) is 12.5 Å². The minimum absolute atomic E-state index is 0.0250. The van der Waals surface area contributed by atoms with E-state index in [0.29, 0.717) is 11.6 Å². The molecule has 0 fully saturated rings. The number of ether oxygens (including phenoxy) is 1. The smallest absolute Gasteiger partial charge is 0.227 e. The van der Waals surface area contributed by atoms with Crippen LogP contribution in [0.5, 0.6) is 5.75 Å². The first kappa shape index (κ1) is 14.9. The van der Waals surface area contributed by atoms with Gasteiger partial charge < -0.3 is 10.1 Å². The number of carbonyl (C=O) groups excluding carboxylic acids is 1. The SMILES string of the molecule is C[C@@H](NC(=O)[C@H]1COc2ccccc2C1)c1ccc(Cl)cc1. The average Bonchev–Trinajstić information content (AvgIpc) is 2.55. The fraction of sp³-hybridized carbons (Fsp3) is 0.278. The molecule has 0 unspecified atom stereocenters. The van der Waals surface area contributed by atoms with Crippen molar-refractivity contribution in [1.29, 1.82) is 0 Å². The van der Waals surface area contributed by atoms with Gasteiger partial charge in [0.15, 0.2) is 0 Å². The van der Waals surface area contributed by atoms with Crippen molar-refractivity contribution < 1.29 is 9.53 Å². The van der Waals surface area contributed by atoms with Crippen LogP contribution in [0.3, 0.4) is 0 Å². The van der Waals surface area contributed by atoms with Crippen molar-refractivity contribution in [1.82, 2.24) is 5.32 Å². The summed E-state index contributed by atoms with van der Waals surface area (Å²) in [6.07, 6.45) is 0.718. The first-order chi connectivity index (χ1) is 10.6. The monoisotopic (exact) mass is 315 g/mol. The van der Waals surface area contributed by atoms with Gasteiger partial charge in [-0.25, -0.2) is 0 Å². The number of para-hydroxylation sites is 1. The number of hydrogen-bond donors (Lipinski definition) is 1. The highest BCUT2D eigenvalue weighted by Gasteiger charge is 2.26. The summed E-state index contributed by atoms with van der Waals surface area (Å²) in [7, 11) is 0. The number of rotatable bonds is 3. The van der Waals surface area contributed by atoms with Crippen LogP contribution in [0.4, 0.5) is 0 Å². The average molecular weight is 316 g/mol. The van der Waals surface area contributed by atoms with Crippen LogP contribution in [0, 0.1) is 5.92 Å². The van der Waals surface area contributed by atoms with Crippen LogP contribution in [0.1, 0.15) is 24.1 Å².